The van der Waals surface area contributed by atoms with E-state index in [1.165, 1.54) is 19.2 Å². The van der Waals surface area contributed by atoms with Crippen LogP contribution in [-0.4, -0.2) is 18.2 Å². The molecule has 0 fully saturated rings. The van der Waals surface area contributed by atoms with Crippen molar-refractivity contribution in [1.82, 2.24) is 0 Å². The minimum absolute atomic E-state index is 0.00778. The Morgan fingerprint density at radius 1 is 1.67 bits per heavy atom. The highest BCUT2D eigenvalue weighted by molar-refractivity contribution is 5.90. The lowest BCUT2D eigenvalue weighted by molar-refractivity contribution is 0.0695. The Kier molecular flexibility index (Phi) is 3.26. The third-order valence-corrected chi connectivity index (χ3v) is 1.99. The molecule has 0 aromatic heterocycles. The smallest absolute Gasteiger partial charge is 0.336 e. The van der Waals surface area contributed by atoms with Gasteiger partial charge in [0.05, 0.1) is 24.3 Å². The van der Waals surface area contributed by atoms with Crippen LogP contribution in [0, 0.1) is 11.3 Å². The number of carboxylic acids is 1. The van der Waals surface area contributed by atoms with Crippen LogP contribution in [0.25, 0.3) is 0 Å². The molecule has 0 aliphatic rings. The Hall–Kier alpha value is -2.06. The molecule has 0 aliphatic heterocycles. The number of hydrogen-bond acceptors (Lipinski definition) is 4. The van der Waals surface area contributed by atoms with Gasteiger partial charge in [0.1, 0.15) is 5.75 Å². The first kappa shape index (κ1) is 11.0. The Morgan fingerprint density at radius 3 is 2.73 bits per heavy atom. The van der Waals surface area contributed by atoms with Crippen LogP contribution in [0.15, 0.2) is 12.1 Å². The summed E-state index contributed by atoms with van der Waals surface area (Å²) in [7, 11) is 1.40. The van der Waals surface area contributed by atoms with Crippen LogP contribution >= 0.6 is 0 Å². The van der Waals surface area contributed by atoms with Crippen LogP contribution in [0.1, 0.15) is 21.5 Å². The zero-order valence-corrected chi connectivity index (χ0v) is 8.15. The number of ether oxygens (including phenoxy) is 1. The number of nitrogens with zero attached hydrogens (tertiary/aromatic N) is 1. The molecule has 5 nitrogen and oxygen atoms in total. The van der Waals surface area contributed by atoms with E-state index in [1.54, 1.807) is 0 Å². The molecule has 3 N–H and O–H groups in total. The van der Waals surface area contributed by atoms with Gasteiger partial charge in [-0.1, -0.05) is 0 Å². The van der Waals surface area contributed by atoms with Crippen molar-refractivity contribution in [3.8, 4) is 11.8 Å². The molecule has 78 valence electrons. The topological polar surface area (TPSA) is 96.3 Å². The van der Waals surface area contributed by atoms with Gasteiger partial charge < -0.3 is 15.6 Å². The maximum atomic E-state index is 10.9. The summed E-state index contributed by atoms with van der Waals surface area (Å²) in [6.45, 7) is 0.0521. The van der Waals surface area contributed by atoms with Crippen LogP contribution in [0.5, 0.6) is 5.75 Å². The van der Waals surface area contributed by atoms with Crippen molar-refractivity contribution in [2.45, 2.75) is 6.54 Å². The fraction of sp³-hybridized carbons (Fsp3) is 0.200. The Balaban J connectivity index is 3.47. The van der Waals surface area contributed by atoms with Gasteiger partial charge in [-0.15, -0.1) is 0 Å². The molecule has 1 aromatic rings. The maximum absolute atomic E-state index is 10.9. The summed E-state index contributed by atoms with van der Waals surface area (Å²) < 4.78 is 4.98. The molecule has 0 saturated heterocycles. The third kappa shape index (κ3) is 2.06. The van der Waals surface area contributed by atoms with Crippen molar-refractivity contribution in [2.75, 3.05) is 7.11 Å². The Bertz CT molecular complexity index is 435. The monoisotopic (exact) mass is 206 g/mol. The zero-order chi connectivity index (χ0) is 11.4. The second-order valence-corrected chi connectivity index (χ2v) is 2.83. The quantitative estimate of drug-likeness (QED) is 0.759. The van der Waals surface area contributed by atoms with Crippen molar-refractivity contribution >= 4 is 5.97 Å². The van der Waals surface area contributed by atoms with Crippen molar-refractivity contribution in [2.24, 2.45) is 5.73 Å². The van der Waals surface area contributed by atoms with E-state index in [9.17, 15) is 4.79 Å². The molecule has 5 heteroatoms. The van der Waals surface area contributed by atoms with E-state index in [0.29, 0.717) is 11.3 Å². The van der Waals surface area contributed by atoms with Crippen LogP contribution in [0.2, 0.25) is 0 Å². The van der Waals surface area contributed by atoms with Crippen LogP contribution < -0.4 is 10.5 Å². The number of carboxylic acid groups (broad SMARTS) is 1. The van der Waals surface area contributed by atoms with Crippen molar-refractivity contribution in [1.29, 1.82) is 5.26 Å². The van der Waals surface area contributed by atoms with Crippen molar-refractivity contribution in [3.05, 3.63) is 28.8 Å². The summed E-state index contributed by atoms with van der Waals surface area (Å²) in [5.74, 6) is -0.792. The molecule has 0 spiro atoms. The normalized spacial score (nSPS) is 9.40. The second kappa shape index (κ2) is 4.44. The highest BCUT2D eigenvalue weighted by Gasteiger charge is 2.15. The molecule has 0 unspecified atom stereocenters. The minimum atomic E-state index is -1.12. The highest BCUT2D eigenvalue weighted by atomic mass is 16.5. The Labute approximate surface area is 86.7 Å². The number of benzene rings is 1. The van der Waals surface area contributed by atoms with Gasteiger partial charge >= 0.3 is 5.97 Å². The number of carbonyl (C=O) groups is 1. The molecule has 15 heavy (non-hydrogen) atoms. The molecule has 0 radical (unpaired) electrons. The van der Waals surface area contributed by atoms with E-state index < -0.39 is 5.97 Å². The molecule has 0 heterocycles. The lowest BCUT2D eigenvalue weighted by Crippen LogP contribution is -2.09. The number of nitriles is 1. The minimum Gasteiger partial charge on any atom is -0.496 e. The summed E-state index contributed by atoms with van der Waals surface area (Å²) in [6, 6.07) is 4.62. The average Bonchev–Trinajstić information content (AvgIpc) is 2.26. The second-order valence-electron chi connectivity index (χ2n) is 2.83. The summed E-state index contributed by atoms with van der Waals surface area (Å²) in [5, 5.41) is 17.6. The SMILES string of the molecule is COc1cc(C#N)cc(C(=O)O)c1CN. The predicted octanol–water partition coefficient (Wildman–Crippen LogP) is 0.724. The van der Waals surface area contributed by atoms with E-state index in [4.69, 9.17) is 20.8 Å². The average molecular weight is 206 g/mol. The Morgan fingerprint density at radius 2 is 2.33 bits per heavy atom. The number of methoxy groups -OCH3 is 1. The van der Waals surface area contributed by atoms with Gasteiger partial charge in [-0.3, -0.25) is 0 Å². The van der Waals surface area contributed by atoms with Crippen LogP contribution in [0.4, 0.5) is 0 Å². The molecular formula is C10H10N2O3. The van der Waals surface area contributed by atoms with E-state index in [0.717, 1.165) is 0 Å². The van der Waals surface area contributed by atoms with E-state index in [1.807, 2.05) is 6.07 Å². The third-order valence-electron chi connectivity index (χ3n) is 1.99. The van der Waals surface area contributed by atoms with Gasteiger partial charge in [0.15, 0.2) is 0 Å². The number of hydrogen-bond donors (Lipinski definition) is 2. The zero-order valence-electron chi connectivity index (χ0n) is 8.15. The molecule has 0 aliphatic carbocycles. The molecular weight excluding hydrogens is 196 g/mol. The van der Waals surface area contributed by atoms with Gasteiger partial charge in [0, 0.05) is 12.1 Å². The number of rotatable bonds is 3. The van der Waals surface area contributed by atoms with Crippen molar-refractivity contribution < 1.29 is 14.6 Å². The first-order valence-electron chi connectivity index (χ1n) is 4.18. The summed E-state index contributed by atoms with van der Waals surface area (Å²) in [6.07, 6.45) is 0. The lowest BCUT2D eigenvalue weighted by atomic mass is 10.0. The largest absolute Gasteiger partial charge is 0.496 e. The molecule has 1 aromatic carbocycles. The molecule has 1 rings (SSSR count). The first-order valence-corrected chi connectivity index (χ1v) is 4.18. The standard InChI is InChI=1S/C10H10N2O3/c1-15-9-3-6(4-11)2-7(10(13)14)8(9)5-12/h2-3H,5,12H2,1H3,(H,13,14). The van der Waals surface area contributed by atoms with Gasteiger partial charge in [-0.05, 0) is 12.1 Å². The van der Waals surface area contributed by atoms with E-state index in [-0.39, 0.29) is 17.7 Å². The van der Waals surface area contributed by atoms with Crippen molar-refractivity contribution in [3.63, 3.8) is 0 Å². The maximum Gasteiger partial charge on any atom is 0.336 e. The number of nitrogens with two attached hydrogens (primary N) is 1. The fourth-order valence-electron chi connectivity index (χ4n) is 1.29. The summed E-state index contributed by atoms with van der Waals surface area (Å²) in [4.78, 5) is 10.9. The molecule has 0 amide bonds. The van der Waals surface area contributed by atoms with Gasteiger partial charge in [0.25, 0.3) is 0 Å². The highest BCUT2D eigenvalue weighted by Crippen LogP contribution is 2.24. The van der Waals surface area contributed by atoms with E-state index >= 15 is 0 Å². The lowest BCUT2D eigenvalue weighted by Gasteiger charge is -2.10. The van der Waals surface area contributed by atoms with E-state index in [2.05, 4.69) is 0 Å². The van der Waals surface area contributed by atoms with Crippen LogP contribution in [-0.2, 0) is 6.54 Å². The first-order chi connectivity index (χ1) is 7.13. The van der Waals surface area contributed by atoms with Crippen LogP contribution in [0.3, 0.4) is 0 Å². The van der Waals surface area contributed by atoms with Gasteiger partial charge in [0.2, 0.25) is 0 Å². The molecule has 0 atom stereocenters. The fourth-order valence-corrected chi connectivity index (χ4v) is 1.29. The van der Waals surface area contributed by atoms with Gasteiger partial charge in [-0.25, -0.2) is 4.79 Å². The molecule has 0 saturated carbocycles. The summed E-state index contributed by atoms with van der Waals surface area (Å²) >= 11 is 0. The summed E-state index contributed by atoms with van der Waals surface area (Å²) in [5.41, 5.74) is 6.07. The number of aromatic carboxylic acids is 1. The van der Waals surface area contributed by atoms with Gasteiger partial charge in [-0.2, -0.15) is 5.26 Å². The predicted molar refractivity (Wildman–Crippen MR) is 52.6 cm³/mol. The molecule has 0 bridgehead atoms.